The van der Waals surface area contributed by atoms with Crippen molar-refractivity contribution in [3.8, 4) is 0 Å². The zero-order valence-electron chi connectivity index (χ0n) is 15.7. The third-order valence-electron chi connectivity index (χ3n) is 5.17. The van der Waals surface area contributed by atoms with Crippen molar-refractivity contribution >= 4 is 11.9 Å². The van der Waals surface area contributed by atoms with Crippen LogP contribution in [0.5, 0.6) is 0 Å². The minimum Gasteiger partial charge on any atom is -0.481 e. The number of aryl methyl sites for hydroxylation is 1. The number of carbonyl (C=O) groups excluding carboxylic acids is 1. The van der Waals surface area contributed by atoms with Gasteiger partial charge in [-0.2, -0.15) is 0 Å². The van der Waals surface area contributed by atoms with E-state index in [2.05, 4.69) is 5.32 Å². The summed E-state index contributed by atoms with van der Waals surface area (Å²) in [5.74, 6) is 0.180. The van der Waals surface area contributed by atoms with Gasteiger partial charge in [-0.25, -0.2) is 0 Å². The van der Waals surface area contributed by atoms with Crippen molar-refractivity contribution in [2.75, 3.05) is 13.7 Å². The Morgan fingerprint density at radius 2 is 1.89 bits per heavy atom. The number of carbonyl (C=O) groups is 2. The van der Waals surface area contributed by atoms with Crippen LogP contribution < -0.4 is 5.32 Å². The number of hydrogen-bond acceptors (Lipinski definition) is 4. The summed E-state index contributed by atoms with van der Waals surface area (Å²) in [4.78, 5) is 24.8. The Labute approximate surface area is 158 Å². The van der Waals surface area contributed by atoms with E-state index in [-0.39, 0.29) is 18.9 Å². The normalized spacial score (nSPS) is 15.9. The van der Waals surface area contributed by atoms with E-state index < -0.39 is 17.4 Å². The lowest BCUT2D eigenvalue weighted by atomic mass is 9.81. The average Bonchev–Trinajstić information content (AvgIpc) is 3.26. The van der Waals surface area contributed by atoms with E-state index in [1.165, 1.54) is 0 Å². The van der Waals surface area contributed by atoms with Crippen LogP contribution in [0.4, 0.5) is 0 Å². The number of nitrogens with one attached hydrogen (secondary N) is 1. The first kappa shape index (κ1) is 19.2. The molecule has 0 saturated carbocycles. The van der Waals surface area contributed by atoms with Gasteiger partial charge >= 0.3 is 5.97 Å². The summed E-state index contributed by atoms with van der Waals surface area (Å²) in [5.41, 5.74) is 0.892. The van der Waals surface area contributed by atoms with Gasteiger partial charge in [-0.1, -0.05) is 31.2 Å². The summed E-state index contributed by atoms with van der Waals surface area (Å²) in [6, 6.07) is 10.9. The average molecular weight is 371 g/mol. The maximum absolute atomic E-state index is 12.7. The molecule has 1 heterocycles. The van der Waals surface area contributed by atoms with Crippen LogP contribution in [0.1, 0.15) is 42.0 Å². The van der Waals surface area contributed by atoms with Gasteiger partial charge in [-0.05, 0) is 36.1 Å². The van der Waals surface area contributed by atoms with Crippen LogP contribution in [-0.4, -0.2) is 30.7 Å². The SMILES string of the molecule is CCc1ccc(C(COC)NC(=O)CC2(C(=O)O)Cc3ccccc3C2)o1. The standard InChI is InChI=1S/C21H25NO5/c1-3-16-8-9-18(27-16)17(13-26-2)22-19(23)12-21(20(24)25)10-14-6-4-5-7-15(14)11-21/h4-9,17H,3,10-13H2,1-2H3,(H,22,23)(H,24,25). The molecular weight excluding hydrogens is 346 g/mol. The molecule has 6 nitrogen and oxygen atoms in total. The summed E-state index contributed by atoms with van der Waals surface area (Å²) in [6.45, 7) is 2.24. The fourth-order valence-electron chi connectivity index (χ4n) is 3.73. The van der Waals surface area contributed by atoms with E-state index in [4.69, 9.17) is 9.15 Å². The lowest BCUT2D eigenvalue weighted by Crippen LogP contribution is -2.40. The number of aliphatic carboxylic acids is 1. The zero-order chi connectivity index (χ0) is 19.4. The molecule has 144 valence electrons. The number of rotatable bonds is 8. The monoisotopic (exact) mass is 371 g/mol. The van der Waals surface area contributed by atoms with Gasteiger partial charge in [0.15, 0.2) is 0 Å². The molecule has 0 aliphatic heterocycles. The summed E-state index contributed by atoms with van der Waals surface area (Å²) >= 11 is 0. The van der Waals surface area contributed by atoms with Gasteiger partial charge in [0.05, 0.1) is 12.0 Å². The number of carboxylic acid groups (broad SMARTS) is 1. The Morgan fingerprint density at radius 3 is 2.41 bits per heavy atom. The van der Waals surface area contributed by atoms with Gasteiger partial charge in [0.2, 0.25) is 5.91 Å². The summed E-state index contributed by atoms with van der Waals surface area (Å²) in [6.07, 6.45) is 1.40. The number of furan rings is 1. The fourth-order valence-corrected chi connectivity index (χ4v) is 3.73. The second-order valence-electron chi connectivity index (χ2n) is 7.12. The molecule has 1 atom stereocenters. The Morgan fingerprint density at radius 1 is 1.22 bits per heavy atom. The molecule has 0 spiro atoms. The molecule has 6 heteroatoms. The molecule has 0 fully saturated rings. The maximum atomic E-state index is 12.7. The second kappa shape index (κ2) is 7.96. The van der Waals surface area contributed by atoms with E-state index >= 15 is 0 Å². The van der Waals surface area contributed by atoms with Crippen LogP contribution in [0.25, 0.3) is 0 Å². The molecule has 1 aliphatic carbocycles. The highest BCUT2D eigenvalue weighted by molar-refractivity contribution is 5.86. The van der Waals surface area contributed by atoms with Crippen LogP contribution in [0.3, 0.4) is 0 Å². The van der Waals surface area contributed by atoms with E-state index in [0.717, 1.165) is 23.3 Å². The molecule has 3 rings (SSSR count). The first-order valence-electron chi connectivity index (χ1n) is 9.14. The van der Waals surface area contributed by atoms with Crippen LogP contribution in [0, 0.1) is 5.41 Å². The lowest BCUT2D eigenvalue weighted by Gasteiger charge is -2.24. The van der Waals surface area contributed by atoms with Gasteiger partial charge < -0.3 is 19.6 Å². The van der Waals surface area contributed by atoms with Gasteiger partial charge in [0, 0.05) is 20.0 Å². The second-order valence-corrected chi connectivity index (χ2v) is 7.12. The van der Waals surface area contributed by atoms with Crippen molar-refractivity contribution in [3.05, 3.63) is 59.0 Å². The predicted molar refractivity (Wildman–Crippen MR) is 99.4 cm³/mol. The Hall–Kier alpha value is -2.60. The highest BCUT2D eigenvalue weighted by Gasteiger charge is 2.45. The topological polar surface area (TPSA) is 88.8 Å². The number of amides is 1. The minimum atomic E-state index is -1.11. The smallest absolute Gasteiger partial charge is 0.310 e. The van der Waals surface area contributed by atoms with Gasteiger partial charge in [-0.15, -0.1) is 0 Å². The predicted octanol–water partition coefficient (Wildman–Crippen LogP) is 2.91. The summed E-state index contributed by atoms with van der Waals surface area (Å²) in [5, 5.41) is 12.7. The van der Waals surface area contributed by atoms with Crippen LogP contribution >= 0.6 is 0 Å². The van der Waals surface area contributed by atoms with Gasteiger partial charge in [-0.3, -0.25) is 9.59 Å². The molecule has 1 aliphatic rings. The number of ether oxygens (including phenoxy) is 1. The van der Waals surface area contributed by atoms with E-state index in [1.807, 2.05) is 43.3 Å². The third kappa shape index (κ3) is 4.06. The Kier molecular flexibility index (Phi) is 5.65. The van der Waals surface area contributed by atoms with Crippen LogP contribution in [0.15, 0.2) is 40.8 Å². The van der Waals surface area contributed by atoms with Crippen molar-refractivity contribution in [2.24, 2.45) is 5.41 Å². The number of hydrogen-bond donors (Lipinski definition) is 2. The van der Waals surface area contributed by atoms with Crippen molar-refractivity contribution in [1.29, 1.82) is 0 Å². The fraction of sp³-hybridized carbons (Fsp3) is 0.429. The lowest BCUT2D eigenvalue weighted by molar-refractivity contribution is -0.151. The van der Waals surface area contributed by atoms with E-state index in [1.54, 1.807) is 7.11 Å². The molecule has 1 unspecified atom stereocenters. The molecule has 2 aromatic rings. The Balaban J connectivity index is 1.73. The number of carboxylic acids is 1. The highest BCUT2D eigenvalue weighted by atomic mass is 16.5. The summed E-state index contributed by atoms with van der Waals surface area (Å²) in [7, 11) is 1.55. The van der Waals surface area contributed by atoms with Gasteiger partial charge in [0.1, 0.15) is 17.6 Å². The highest BCUT2D eigenvalue weighted by Crippen LogP contribution is 2.40. The Bertz CT molecular complexity index is 800. The first-order chi connectivity index (χ1) is 13.0. The molecule has 1 amide bonds. The molecule has 0 radical (unpaired) electrons. The number of fused-ring (bicyclic) bond motifs is 1. The first-order valence-corrected chi connectivity index (χ1v) is 9.14. The quantitative estimate of drug-likeness (QED) is 0.745. The van der Waals surface area contributed by atoms with Crippen molar-refractivity contribution in [3.63, 3.8) is 0 Å². The largest absolute Gasteiger partial charge is 0.481 e. The molecule has 2 N–H and O–H groups in total. The summed E-state index contributed by atoms with van der Waals surface area (Å²) < 4.78 is 10.9. The maximum Gasteiger partial charge on any atom is 0.310 e. The van der Waals surface area contributed by atoms with E-state index in [9.17, 15) is 14.7 Å². The molecule has 0 saturated heterocycles. The van der Waals surface area contributed by atoms with Crippen molar-refractivity contribution in [1.82, 2.24) is 5.32 Å². The van der Waals surface area contributed by atoms with Crippen molar-refractivity contribution in [2.45, 2.75) is 38.6 Å². The van der Waals surface area contributed by atoms with E-state index in [0.29, 0.717) is 18.6 Å². The molecule has 0 bridgehead atoms. The van der Waals surface area contributed by atoms with Crippen LogP contribution in [-0.2, 0) is 33.6 Å². The minimum absolute atomic E-state index is 0.0848. The van der Waals surface area contributed by atoms with Crippen LogP contribution in [0.2, 0.25) is 0 Å². The molecule has 1 aromatic carbocycles. The number of benzene rings is 1. The third-order valence-corrected chi connectivity index (χ3v) is 5.17. The zero-order valence-corrected chi connectivity index (χ0v) is 15.7. The van der Waals surface area contributed by atoms with Crippen molar-refractivity contribution < 1.29 is 23.8 Å². The molecule has 1 aromatic heterocycles. The molecule has 27 heavy (non-hydrogen) atoms. The van der Waals surface area contributed by atoms with Gasteiger partial charge in [0.25, 0.3) is 0 Å². The number of methoxy groups -OCH3 is 1. The molecular formula is C21H25NO5.